The highest BCUT2D eigenvalue weighted by Gasteiger charge is 2.24. The molecule has 0 aliphatic rings. The monoisotopic (exact) mass is 434 g/mol. The van der Waals surface area contributed by atoms with Crippen LogP contribution in [0.1, 0.15) is 12.5 Å². The zero-order chi connectivity index (χ0) is 20.9. The number of hydrogen-bond acceptors (Lipinski definition) is 5. The second-order valence-electron chi connectivity index (χ2n) is 6.89. The van der Waals surface area contributed by atoms with Crippen molar-refractivity contribution in [2.75, 3.05) is 7.05 Å². The zero-order valence-corrected chi connectivity index (χ0v) is 18.4. The predicted octanol–water partition coefficient (Wildman–Crippen LogP) is 5.14. The Morgan fingerprint density at radius 1 is 1.03 bits per heavy atom. The fraction of sp³-hybridized carbons (Fsp3) is 0.174. The van der Waals surface area contributed by atoms with Gasteiger partial charge in [-0.25, -0.2) is 0 Å². The molecule has 0 saturated carbocycles. The van der Waals surface area contributed by atoms with E-state index in [1.807, 2.05) is 96.7 Å². The molecule has 1 unspecified atom stereocenters. The molecule has 0 radical (unpaired) electrons. The molecule has 0 aliphatic heterocycles. The minimum absolute atomic E-state index is 0.0594. The van der Waals surface area contributed by atoms with Crippen LogP contribution in [-0.2, 0) is 11.3 Å². The SMILES string of the molecule is CC(Sc1nnc(-c2cccs2)n1-c1ccccc1)C(=O)N(C)Cc1ccccc1. The average molecular weight is 435 g/mol. The molecule has 1 atom stereocenters. The molecule has 0 saturated heterocycles. The zero-order valence-electron chi connectivity index (χ0n) is 16.8. The first kappa shape index (κ1) is 20.4. The highest BCUT2D eigenvalue weighted by molar-refractivity contribution is 8.00. The normalized spacial score (nSPS) is 11.9. The molecule has 30 heavy (non-hydrogen) atoms. The van der Waals surface area contributed by atoms with Crippen molar-refractivity contribution in [3.05, 3.63) is 83.7 Å². The van der Waals surface area contributed by atoms with Crippen LogP contribution in [0, 0.1) is 0 Å². The van der Waals surface area contributed by atoms with E-state index in [1.165, 1.54) is 11.8 Å². The molecule has 4 aromatic rings. The summed E-state index contributed by atoms with van der Waals surface area (Å²) in [5.41, 5.74) is 2.09. The molecule has 0 N–H and O–H groups in total. The first-order valence-corrected chi connectivity index (χ1v) is 11.4. The summed E-state index contributed by atoms with van der Waals surface area (Å²) in [6, 6.07) is 24.1. The van der Waals surface area contributed by atoms with Crippen LogP contribution in [0.15, 0.2) is 83.3 Å². The molecular formula is C23H22N4OS2. The topological polar surface area (TPSA) is 51.0 Å². The van der Waals surface area contributed by atoms with Crippen molar-refractivity contribution in [2.24, 2.45) is 0 Å². The van der Waals surface area contributed by atoms with E-state index < -0.39 is 0 Å². The van der Waals surface area contributed by atoms with E-state index in [-0.39, 0.29) is 11.2 Å². The molecule has 152 valence electrons. The van der Waals surface area contributed by atoms with Gasteiger partial charge in [0.25, 0.3) is 0 Å². The van der Waals surface area contributed by atoms with Crippen LogP contribution in [0.4, 0.5) is 0 Å². The molecule has 5 nitrogen and oxygen atoms in total. The number of nitrogens with zero attached hydrogens (tertiary/aromatic N) is 4. The highest BCUT2D eigenvalue weighted by Crippen LogP contribution is 2.32. The number of thiophene rings is 1. The summed E-state index contributed by atoms with van der Waals surface area (Å²) in [7, 11) is 1.84. The van der Waals surface area contributed by atoms with Gasteiger partial charge in [0.15, 0.2) is 11.0 Å². The van der Waals surface area contributed by atoms with Crippen molar-refractivity contribution in [1.29, 1.82) is 0 Å². The molecule has 2 heterocycles. The summed E-state index contributed by atoms with van der Waals surface area (Å²) >= 11 is 3.05. The third kappa shape index (κ3) is 4.47. The molecule has 7 heteroatoms. The lowest BCUT2D eigenvalue weighted by atomic mass is 10.2. The number of hydrogen-bond donors (Lipinski definition) is 0. The van der Waals surface area contributed by atoms with Crippen molar-refractivity contribution in [2.45, 2.75) is 23.9 Å². The van der Waals surface area contributed by atoms with Crippen LogP contribution in [0.3, 0.4) is 0 Å². The first-order chi connectivity index (χ1) is 14.6. The van der Waals surface area contributed by atoms with Gasteiger partial charge >= 0.3 is 0 Å². The van der Waals surface area contributed by atoms with E-state index >= 15 is 0 Å². The van der Waals surface area contributed by atoms with Crippen molar-refractivity contribution >= 4 is 29.0 Å². The first-order valence-electron chi connectivity index (χ1n) is 9.64. The Hall–Kier alpha value is -2.90. The number of benzene rings is 2. The maximum absolute atomic E-state index is 13.0. The highest BCUT2D eigenvalue weighted by atomic mass is 32.2. The average Bonchev–Trinajstić information content (AvgIpc) is 3.44. The third-order valence-corrected chi connectivity index (χ3v) is 6.55. The fourth-order valence-corrected chi connectivity index (χ4v) is 4.86. The van der Waals surface area contributed by atoms with Crippen molar-refractivity contribution in [3.8, 4) is 16.4 Å². The van der Waals surface area contributed by atoms with Gasteiger partial charge in [-0.1, -0.05) is 66.4 Å². The van der Waals surface area contributed by atoms with E-state index in [9.17, 15) is 4.79 Å². The van der Waals surface area contributed by atoms with Gasteiger partial charge < -0.3 is 4.90 Å². The quantitative estimate of drug-likeness (QED) is 0.378. The minimum atomic E-state index is -0.290. The maximum atomic E-state index is 13.0. The van der Waals surface area contributed by atoms with Gasteiger partial charge in [-0.3, -0.25) is 9.36 Å². The smallest absolute Gasteiger partial charge is 0.235 e. The standard InChI is InChI=1S/C23H22N4OS2/c1-17(22(28)26(2)16-18-10-5-3-6-11-18)30-23-25-24-21(20-14-9-15-29-20)27(23)19-12-7-4-8-13-19/h3-15,17H,16H2,1-2H3. The summed E-state index contributed by atoms with van der Waals surface area (Å²) < 4.78 is 2.03. The number of aromatic nitrogens is 3. The lowest BCUT2D eigenvalue weighted by molar-refractivity contribution is -0.129. The van der Waals surface area contributed by atoms with E-state index in [2.05, 4.69) is 10.2 Å². The van der Waals surface area contributed by atoms with E-state index in [0.717, 1.165) is 22.0 Å². The fourth-order valence-electron chi connectivity index (χ4n) is 3.18. The molecule has 2 aromatic heterocycles. The largest absolute Gasteiger partial charge is 0.340 e. The predicted molar refractivity (Wildman–Crippen MR) is 123 cm³/mol. The Balaban J connectivity index is 1.57. The van der Waals surface area contributed by atoms with Crippen LogP contribution in [0.25, 0.3) is 16.4 Å². The van der Waals surface area contributed by atoms with Crippen LogP contribution in [-0.4, -0.2) is 37.9 Å². The molecule has 4 rings (SSSR count). The molecule has 1 amide bonds. The van der Waals surface area contributed by atoms with Gasteiger partial charge in [0.2, 0.25) is 5.91 Å². The number of rotatable bonds is 7. The molecule has 2 aromatic carbocycles. The third-order valence-electron chi connectivity index (χ3n) is 4.66. The summed E-state index contributed by atoms with van der Waals surface area (Å²) in [6.07, 6.45) is 0. The van der Waals surface area contributed by atoms with Crippen LogP contribution >= 0.6 is 23.1 Å². The van der Waals surface area contributed by atoms with E-state index in [4.69, 9.17) is 0 Å². The van der Waals surface area contributed by atoms with Gasteiger partial charge in [-0.2, -0.15) is 0 Å². The number of amides is 1. The Kier molecular flexibility index (Phi) is 6.30. The van der Waals surface area contributed by atoms with Crippen LogP contribution < -0.4 is 0 Å². The maximum Gasteiger partial charge on any atom is 0.235 e. The van der Waals surface area contributed by atoms with Crippen molar-refractivity contribution in [3.63, 3.8) is 0 Å². The van der Waals surface area contributed by atoms with Crippen molar-refractivity contribution in [1.82, 2.24) is 19.7 Å². The van der Waals surface area contributed by atoms with Gasteiger partial charge in [0.1, 0.15) is 0 Å². The molecular weight excluding hydrogens is 412 g/mol. The summed E-state index contributed by atoms with van der Waals surface area (Å²) in [4.78, 5) is 15.8. The van der Waals surface area contributed by atoms with Crippen LogP contribution in [0.2, 0.25) is 0 Å². The Morgan fingerprint density at radius 3 is 2.40 bits per heavy atom. The second kappa shape index (κ2) is 9.28. The van der Waals surface area contributed by atoms with E-state index in [0.29, 0.717) is 11.7 Å². The Bertz CT molecular complexity index is 1090. The summed E-state index contributed by atoms with van der Waals surface area (Å²) in [5, 5.41) is 11.3. The summed E-state index contributed by atoms with van der Waals surface area (Å²) in [5.74, 6) is 0.847. The lowest BCUT2D eigenvalue weighted by Crippen LogP contribution is -2.32. The number of para-hydroxylation sites is 1. The lowest BCUT2D eigenvalue weighted by Gasteiger charge is -2.21. The molecule has 0 aliphatic carbocycles. The van der Waals surface area contributed by atoms with Gasteiger partial charge in [-0.05, 0) is 36.1 Å². The molecule has 0 spiro atoms. The Morgan fingerprint density at radius 2 is 1.73 bits per heavy atom. The number of carbonyl (C=O) groups excluding carboxylic acids is 1. The molecule has 0 bridgehead atoms. The van der Waals surface area contributed by atoms with Gasteiger partial charge in [0.05, 0.1) is 10.1 Å². The Labute approximate surface area is 184 Å². The molecule has 0 fully saturated rings. The van der Waals surface area contributed by atoms with Gasteiger partial charge in [0, 0.05) is 19.3 Å². The van der Waals surface area contributed by atoms with E-state index in [1.54, 1.807) is 16.2 Å². The number of thioether (sulfide) groups is 1. The minimum Gasteiger partial charge on any atom is -0.340 e. The van der Waals surface area contributed by atoms with Crippen LogP contribution in [0.5, 0.6) is 0 Å². The number of carbonyl (C=O) groups is 1. The van der Waals surface area contributed by atoms with Gasteiger partial charge in [-0.15, -0.1) is 21.5 Å². The second-order valence-corrected chi connectivity index (χ2v) is 9.15. The summed E-state index contributed by atoms with van der Waals surface area (Å²) in [6.45, 7) is 2.50. The van der Waals surface area contributed by atoms with Crippen molar-refractivity contribution < 1.29 is 4.79 Å².